The molecular weight excluding hydrogens is 408 g/mol. The summed E-state index contributed by atoms with van der Waals surface area (Å²) in [5.41, 5.74) is 2.74. The zero-order valence-corrected chi connectivity index (χ0v) is 19.0. The molecule has 31 heavy (non-hydrogen) atoms. The van der Waals surface area contributed by atoms with E-state index in [0.29, 0.717) is 24.7 Å². The standard InChI is InChI=1S/C24H30N4O2S/c1-3-28(23(29)21-14-18-7-4-5-9-20(18)27-21)19-8-6-11-24(31,15-19)26-16-17-10-12-25-22(13-17)30-2/h4-5,7,9-10,12-14,19,26-27,31H,3,6,8,11,15-16H2,1-2H3/t19-,24-/m0/s1. The molecule has 2 atom stereocenters. The molecule has 1 aliphatic carbocycles. The van der Waals surface area contributed by atoms with Crippen molar-refractivity contribution < 1.29 is 9.53 Å². The van der Waals surface area contributed by atoms with Gasteiger partial charge in [-0.25, -0.2) is 4.98 Å². The van der Waals surface area contributed by atoms with Crippen molar-refractivity contribution in [3.63, 3.8) is 0 Å². The first-order valence-corrected chi connectivity index (χ1v) is 11.3. The average molecular weight is 439 g/mol. The summed E-state index contributed by atoms with van der Waals surface area (Å²) in [6.07, 6.45) is 5.54. The van der Waals surface area contributed by atoms with Gasteiger partial charge in [-0.2, -0.15) is 12.6 Å². The Hall–Kier alpha value is -2.51. The van der Waals surface area contributed by atoms with Gasteiger partial charge < -0.3 is 14.6 Å². The maximum absolute atomic E-state index is 13.3. The lowest BCUT2D eigenvalue weighted by Gasteiger charge is -2.42. The van der Waals surface area contributed by atoms with Crippen molar-refractivity contribution >= 4 is 29.4 Å². The molecule has 0 radical (unpaired) electrons. The number of nitrogens with zero attached hydrogens (tertiary/aromatic N) is 2. The van der Waals surface area contributed by atoms with Gasteiger partial charge in [0.2, 0.25) is 5.88 Å². The lowest BCUT2D eigenvalue weighted by Crippen LogP contribution is -2.51. The van der Waals surface area contributed by atoms with Gasteiger partial charge in [0, 0.05) is 42.3 Å². The number of fused-ring (bicyclic) bond motifs is 1. The van der Waals surface area contributed by atoms with Gasteiger partial charge in [0.25, 0.3) is 5.91 Å². The Morgan fingerprint density at radius 3 is 2.97 bits per heavy atom. The number of aromatic amines is 1. The van der Waals surface area contributed by atoms with Crippen LogP contribution in [0.15, 0.2) is 48.7 Å². The van der Waals surface area contributed by atoms with Crippen LogP contribution in [0, 0.1) is 0 Å². The summed E-state index contributed by atoms with van der Waals surface area (Å²) in [6, 6.07) is 14.0. The van der Waals surface area contributed by atoms with Crippen molar-refractivity contribution in [1.29, 1.82) is 0 Å². The summed E-state index contributed by atoms with van der Waals surface area (Å²) in [6.45, 7) is 3.40. The van der Waals surface area contributed by atoms with Gasteiger partial charge in [-0.3, -0.25) is 10.1 Å². The third-order valence-corrected chi connectivity index (χ3v) is 6.70. The van der Waals surface area contributed by atoms with Crippen molar-refractivity contribution in [3.8, 4) is 5.88 Å². The minimum atomic E-state index is -0.326. The van der Waals surface area contributed by atoms with Gasteiger partial charge in [0.1, 0.15) is 5.69 Å². The SMILES string of the molecule is CCN(C(=O)c1cc2ccccc2[nH]1)[C@H]1CCC[C@@](S)(NCc2ccnc(OC)c2)C1. The van der Waals surface area contributed by atoms with Crippen LogP contribution in [0.2, 0.25) is 0 Å². The highest BCUT2D eigenvalue weighted by Gasteiger charge is 2.37. The average Bonchev–Trinajstić information content (AvgIpc) is 3.23. The minimum absolute atomic E-state index is 0.0557. The van der Waals surface area contributed by atoms with E-state index in [1.165, 1.54) is 0 Å². The zero-order valence-electron chi connectivity index (χ0n) is 18.1. The predicted octanol–water partition coefficient (Wildman–Crippen LogP) is 4.39. The van der Waals surface area contributed by atoms with Crippen molar-refractivity contribution in [2.45, 2.75) is 50.1 Å². The molecule has 3 aromatic rings. The number of hydrogen-bond donors (Lipinski definition) is 3. The van der Waals surface area contributed by atoms with Crippen molar-refractivity contribution in [1.82, 2.24) is 20.2 Å². The summed E-state index contributed by atoms with van der Waals surface area (Å²) in [5, 5.41) is 4.67. The first-order chi connectivity index (χ1) is 15.0. The summed E-state index contributed by atoms with van der Waals surface area (Å²) in [5.74, 6) is 0.662. The molecule has 1 amide bonds. The number of nitrogens with one attached hydrogen (secondary N) is 2. The van der Waals surface area contributed by atoms with Crippen molar-refractivity contribution in [2.75, 3.05) is 13.7 Å². The van der Waals surface area contributed by atoms with Crippen LogP contribution in [0.5, 0.6) is 5.88 Å². The first-order valence-electron chi connectivity index (χ1n) is 10.9. The van der Waals surface area contributed by atoms with Gasteiger partial charge in [-0.05, 0) is 56.4 Å². The Bertz CT molecular complexity index is 1020. The fraction of sp³-hybridized carbons (Fsp3) is 0.417. The number of aromatic nitrogens is 2. The van der Waals surface area contributed by atoms with E-state index in [1.54, 1.807) is 13.3 Å². The summed E-state index contributed by atoms with van der Waals surface area (Å²) < 4.78 is 5.22. The van der Waals surface area contributed by atoms with E-state index in [0.717, 1.165) is 42.1 Å². The van der Waals surface area contributed by atoms with E-state index >= 15 is 0 Å². The smallest absolute Gasteiger partial charge is 0.270 e. The van der Waals surface area contributed by atoms with Gasteiger partial charge in [-0.15, -0.1) is 0 Å². The highest BCUT2D eigenvalue weighted by atomic mass is 32.1. The quantitative estimate of drug-likeness (QED) is 0.378. The molecule has 6 nitrogen and oxygen atoms in total. The summed E-state index contributed by atoms with van der Waals surface area (Å²) in [4.78, 5) is 22.4. The molecule has 4 rings (SSSR count). The van der Waals surface area contributed by atoms with Crippen LogP contribution in [-0.4, -0.2) is 45.3 Å². The maximum atomic E-state index is 13.3. The molecule has 1 saturated carbocycles. The fourth-order valence-electron chi connectivity index (χ4n) is 4.50. The van der Waals surface area contributed by atoms with Crippen LogP contribution in [0.25, 0.3) is 10.9 Å². The molecule has 1 aromatic carbocycles. The van der Waals surface area contributed by atoms with E-state index in [4.69, 9.17) is 17.4 Å². The number of rotatable bonds is 7. The normalized spacial score (nSPS) is 21.2. The molecule has 0 spiro atoms. The number of carbonyl (C=O) groups excluding carboxylic acids is 1. The molecular formula is C24H30N4O2S. The molecule has 1 fully saturated rings. The second kappa shape index (κ2) is 9.32. The van der Waals surface area contributed by atoms with E-state index in [9.17, 15) is 4.79 Å². The molecule has 0 saturated heterocycles. The molecule has 1 aliphatic rings. The number of ether oxygens (including phenoxy) is 1. The number of pyridine rings is 1. The van der Waals surface area contributed by atoms with Crippen LogP contribution in [-0.2, 0) is 6.54 Å². The zero-order chi connectivity index (χ0) is 21.8. The molecule has 2 heterocycles. The van der Waals surface area contributed by atoms with Gasteiger partial charge in [0.05, 0.1) is 12.0 Å². The third-order valence-electron chi connectivity index (χ3n) is 6.13. The maximum Gasteiger partial charge on any atom is 0.270 e. The lowest BCUT2D eigenvalue weighted by atomic mass is 9.88. The molecule has 0 unspecified atom stereocenters. The van der Waals surface area contributed by atoms with Gasteiger partial charge >= 0.3 is 0 Å². The highest BCUT2D eigenvalue weighted by molar-refractivity contribution is 7.81. The molecule has 2 aromatic heterocycles. The van der Waals surface area contributed by atoms with E-state index in [1.807, 2.05) is 54.3 Å². The van der Waals surface area contributed by atoms with Crippen molar-refractivity contribution in [3.05, 3.63) is 59.9 Å². The second-order valence-corrected chi connectivity index (χ2v) is 9.06. The lowest BCUT2D eigenvalue weighted by molar-refractivity contribution is 0.0612. The van der Waals surface area contributed by atoms with Crippen LogP contribution in [0.4, 0.5) is 0 Å². The number of para-hydroxylation sites is 1. The minimum Gasteiger partial charge on any atom is -0.481 e. The predicted molar refractivity (Wildman–Crippen MR) is 127 cm³/mol. The molecule has 164 valence electrons. The fourth-order valence-corrected chi connectivity index (χ4v) is 4.95. The molecule has 0 aliphatic heterocycles. The number of methoxy groups -OCH3 is 1. The van der Waals surface area contributed by atoms with Crippen LogP contribution in [0.1, 0.15) is 48.7 Å². The molecule has 7 heteroatoms. The first kappa shape index (κ1) is 21.7. The highest BCUT2D eigenvalue weighted by Crippen LogP contribution is 2.35. The number of H-pyrrole nitrogens is 1. The van der Waals surface area contributed by atoms with Crippen LogP contribution in [0.3, 0.4) is 0 Å². The number of amides is 1. The molecule has 2 N–H and O–H groups in total. The number of hydrogen-bond acceptors (Lipinski definition) is 5. The third kappa shape index (κ3) is 4.88. The Labute approximate surface area is 188 Å². The number of benzene rings is 1. The Morgan fingerprint density at radius 1 is 1.35 bits per heavy atom. The van der Waals surface area contributed by atoms with Crippen LogP contribution < -0.4 is 10.1 Å². The van der Waals surface area contributed by atoms with E-state index in [-0.39, 0.29) is 16.8 Å². The number of thiol groups is 1. The summed E-state index contributed by atoms with van der Waals surface area (Å²) in [7, 11) is 1.62. The van der Waals surface area contributed by atoms with Gasteiger partial charge in [-0.1, -0.05) is 18.2 Å². The molecule has 0 bridgehead atoms. The topological polar surface area (TPSA) is 70.2 Å². The van der Waals surface area contributed by atoms with E-state index in [2.05, 4.69) is 15.3 Å². The second-order valence-electron chi connectivity index (χ2n) is 8.20. The Kier molecular flexibility index (Phi) is 6.53. The van der Waals surface area contributed by atoms with Crippen LogP contribution >= 0.6 is 12.6 Å². The number of carbonyl (C=O) groups is 1. The Morgan fingerprint density at radius 2 is 2.19 bits per heavy atom. The van der Waals surface area contributed by atoms with Crippen molar-refractivity contribution in [2.24, 2.45) is 0 Å². The largest absolute Gasteiger partial charge is 0.481 e. The van der Waals surface area contributed by atoms with E-state index < -0.39 is 0 Å². The summed E-state index contributed by atoms with van der Waals surface area (Å²) >= 11 is 5.01. The van der Waals surface area contributed by atoms with Gasteiger partial charge in [0.15, 0.2) is 0 Å². The Balaban J connectivity index is 1.45. The monoisotopic (exact) mass is 438 g/mol.